The van der Waals surface area contributed by atoms with Crippen molar-refractivity contribution in [3.63, 3.8) is 0 Å². The average Bonchev–Trinajstić information content (AvgIpc) is 3.45. The summed E-state index contributed by atoms with van der Waals surface area (Å²) < 4.78 is 6.38. The molecule has 386 valence electrons. The third-order valence-corrected chi connectivity index (χ3v) is 24.7. The molecule has 20 heteroatoms. The van der Waals surface area contributed by atoms with E-state index in [0.29, 0.717) is 0 Å². The van der Waals surface area contributed by atoms with Gasteiger partial charge in [-0.2, -0.15) is 69.6 Å². The molecular weight excluding hydrogens is 1490 g/mol. The van der Waals surface area contributed by atoms with Crippen molar-refractivity contribution in [2.75, 3.05) is 0 Å². The van der Waals surface area contributed by atoms with E-state index in [1.54, 1.807) is 20.0 Å². The van der Waals surface area contributed by atoms with E-state index >= 15 is 0 Å². The van der Waals surface area contributed by atoms with Gasteiger partial charge in [-0.05, 0) is 81.6 Å². The molecule has 0 heterocycles. The molecule has 0 amide bonds. The fraction of sp³-hybridized carbons (Fsp3) is 0. The first-order valence-electron chi connectivity index (χ1n) is 20.7. The Morgan fingerprint density at radius 1 is 0.270 bits per heavy atom. The quantitative estimate of drug-likeness (QED) is 0.0496. The van der Waals surface area contributed by atoms with Gasteiger partial charge in [0.2, 0.25) is 7.41 Å². The molecular formula is C54H30AuCl16NP2-2. The summed E-state index contributed by atoms with van der Waals surface area (Å²) in [6.07, 6.45) is 0. The predicted molar refractivity (Wildman–Crippen MR) is 330 cm³/mol. The topological polar surface area (TPSA) is 12.4 Å². The van der Waals surface area contributed by atoms with Crippen LogP contribution in [0.4, 0.5) is 0 Å². The van der Waals surface area contributed by atoms with Crippen LogP contribution in [0.5, 0.6) is 0 Å². The molecule has 1 nitrogen and oxygen atoms in total. The summed E-state index contributed by atoms with van der Waals surface area (Å²) in [4.78, 5) is 0. The second-order valence-corrected chi connectivity index (χ2v) is 26.5. The standard InChI is InChI=1S/C36H30NP2.3C6Cl5.Au.ClH/c1-7-19-31(20-8-1)38(32-21-9-2-10-22-32,33-23-11-3-12-24-33)37-39(34-25-13-4-14-26-34,35-27-15-5-16-28-35)36-29-17-6-18-30-36;3*7-2-1-3(8)5(10)6(11)4(2)9;;/h1-30H;;;;;1H/q+1;3*-1;+1;/p-1. The van der Waals surface area contributed by atoms with Gasteiger partial charge in [-0.25, -0.2) is 0 Å². The molecule has 0 aliphatic carbocycles. The largest absolute Gasteiger partial charge is 0.228 e. The van der Waals surface area contributed by atoms with Gasteiger partial charge in [0.1, 0.15) is 23.0 Å². The van der Waals surface area contributed by atoms with E-state index in [4.69, 9.17) is 179 Å². The number of hydrogen-bond acceptors (Lipinski definition) is 1. The number of nitrogens with zero attached hydrogens (tertiary/aromatic N) is 1. The fourth-order valence-corrected chi connectivity index (χ4v) is 19.4. The van der Waals surface area contributed by atoms with Crippen molar-refractivity contribution in [3.8, 4) is 0 Å². The fourth-order valence-electron chi connectivity index (χ4n) is 6.75. The van der Waals surface area contributed by atoms with Crippen LogP contribution in [0.15, 0.2) is 187 Å². The van der Waals surface area contributed by atoms with Crippen molar-refractivity contribution >= 4 is 229 Å². The molecule has 0 fully saturated rings. The van der Waals surface area contributed by atoms with Gasteiger partial charge >= 0.3 is 29.2 Å². The molecule has 0 saturated heterocycles. The molecule has 74 heavy (non-hydrogen) atoms. The van der Waals surface area contributed by atoms with E-state index in [2.05, 4.69) is 209 Å². The Labute approximate surface area is 523 Å². The van der Waals surface area contributed by atoms with Gasteiger partial charge in [-0.3, -0.25) is 0 Å². The minimum atomic E-state index is -2.50. The summed E-state index contributed by atoms with van der Waals surface area (Å²) in [7, 11) is -0.410. The van der Waals surface area contributed by atoms with Crippen LogP contribution in [0.2, 0.25) is 75.3 Å². The Morgan fingerprint density at radius 2 is 0.446 bits per heavy atom. The first-order chi connectivity index (χ1) is 35.4. The summed E-state index contributed by atoms with van der Waals surface area (Å²) >= 11 is 85.8. The molecule has 9 rings (SSSR count). The summed E-state index contributed by atoms with van der Waals surface area (Å²) in [5, 5.41) is 10.1. The van der Waals surface area contributed by atoms with Crippen LogP contribution >= 0.6 is 198 Å². The zero-order valence-electron chi connectivity index (χ0n) is 37.0. The smallest absolute Gasteiger partial charge is 0.121 e. The third kappa shape index (κ3) is 15.7. The molecule has 0 bridgehead atoms. The van der Waals surface area contributed by atoms with Gasteiger partial charge in [0.05, 0.1) is 0 Å². The molecule has 9 aromatic rings. The Bertz CT molecular complexity index is 2890. The Kier molecular flexibility index (Phi) is 26.9. The second kappa shape index (κ2) is 31.1. The molecule has 0 N–H and O–H groups in total. The monoisotopic (exact) mass is 1510 g/mol. The van der Waals surface area contributed by atoms with E-state index in [-0.39, 0.29) is 75.3 Å². The van der Waals surface area contributed by atoms with Crippen molar-refractivity contribution in [3.05, 3.63) is 276 Å². The van der Waals surface area contributed by atoms with Crippen molar-refractivity contribution in [1.82, 2.24) is 0 Å². The second-order valence-electron chi connectivity index (χ2n) is 14.5. The van der Waals surface area contributed by atoms with E-state index in [0.717, 1.165) is 0 Å². The Balaban J connectivity index is 0.000000233. The van der Waals surface area contributed by atoms with Crippen LogP contribution in [0, 0.1) is 18.2 Å². The zero-order valence-corrected chi connectivity index (χ0v) is 53.1. The van der Waals surface area contributed by atoms with Crippen LogP contribution in [0.1, 0.15) is 0 Å². The van der Waals surface area contributed by atoms with E-state index in [1.807, 2.05) is 0 Å². The van der Waals surface area contributed by atoms with Crippen LogP contribution in [0.25, 0.3) is 0 Å². The molecule has 0 saturated carbocycles. The van der Waals surface area contributed by atoms with Crippen molar-refractivity contribution in [1.29, 1.82) is 0 Å². The molecule has 0 aliphatic heterocycles. The zero-order chi connectivity index (χ0) is 54.2. The number of halogens is 16. The van der Waals surface area contributed by atoms with Gasteiger partial charge < -0.3 is 0 Å². The van der Waals surface area contributed by atoms with Crippen molar-refractivity contribution in [2.24, 2.45) is 4.52 Å². The number of hydrogen-bond donors (Lipinski definition) is 0. The van der Waals surface area contributed by atoms with Gasteiger partial charge in [0.25, 0.3) is 0 Å². The minimum absolute atomic E-state index is 0.155. The summed E-state index contributed by atoms with van der Waals surface area (Å²) in [5.74, 6) is 0. The molecule has 0 atom stereocenters. The molecule has 0 aliphatic rings. The summed E-state index contributed by atoms with van der Waals surface area (Å²) in [5.41, 5.74) is 0. The van der Waals surface area contributed by atoms with Crippen molar-refractivity contribution < 1.29 is 20.0 Å². The SMILES string of the molecule is Clc1[c-]c(Cl)c(Cl)c(Cl)c1Cl.Clc1[c-]c(Cl)c(Cl)c(Cl)c1Cl.Clc1[c-]c(Cl)c(Cl)c(Cl)c1Cl.[Cl][Au].c1ccc(P(=N[P+](c2ccccc2)(c2ccccc2)c2ccccc2)(c2ccccc2)c2ccccc2)cc1. The molecule has 0 spiro atoms. The van der Waals surface area contributed by atoms with Crippen molar-refractivity contribution in [2.45, 2.75) is 0 Å². The molecule has 0 unspecified atom stereocenters. The summed E-state index contributed by atoms with van der Waals surface area (Å²) in [6, 6.07) is 73.3. The summed E-state index contributed by atoms with van der Waals surface area (Å²) in [6.45, 7) is 0. The first kappa shape index (κ1) is 63.8. The minimum Gasteiger partial charge on any atom is -0.121 e. The van der Waals surface area contributed by atoms with E-state index in [9.17, 15) is 0 Å². The maximum absolute atomic E-state index is 6.38. The maximum atomic E-state index is 6.38. The first-order valence-corrected chi connectivity index (χ1v) is 32.5. The maximum Gasteiger partial charge on any atom is 0.228 e. The van der Waals surface area contributed by atoms with Gasteiger partial charge in [-0.1, -0.05) is 176 Å². The Morgan fingerprint density at radius 3 is 0.635 bits per heavy atom. The van der Waals surface area contributed by atoms with Crippen LogP contribution in [-0.2, 0) is 20.0 Å². The van der Waals surface area contributed by atoms with E-state index in [1.165, 1.54) is 31.8 Å². The molecule has 0 aromatic heterocycles. The van der Waals surface area contributed by atoms with Gasteiger partial charge in [0, 0.05) is 15.9 Å². The van der Waals surface area contributed by atoms with Crippen LogP contribution in [-0.4, -0.2) is 0 Å². The van der Waals surface area contributed by atoms with Gasteiger partial charge in [-0.15, -0.1) is 127 Å². The van der Waals surface area contributed by atoms with Gasteiger partial charge in [0.15, 0.2) is 0 Å². The third-order valence-electron chi connectivity index (χ3n) is 10.0. The van der Waals surface area contributed by atoms with Crippen LogP contribution < -0.4 is 31.8 Å². The number of benzene rings is 9. The average molecular weight is 1520 g/mol. The molecule has 9 aromatic carbocycles. The molecule has 0 radical (unpaired) electrons. The van der Waals surface area contributed by atoms with Crippen LogP contribution in [0.3, 0.4) is 0 Å². The predicted octanol–water partition coefficient (Wildman–Crippen LogP) is 22.0. The number of rotatable bonds is 7. The normalized spacial score (nSPS) is 10.8. The Hall–Kier alpha value is -0.980. The van der Waals surface area contributed by atoms with E-state index < -0.39 is 14.5 Å².